The molecule has 0 heterocycles. The molecule has 4 heteroatoms. The number of halogens is 2. The summed E-state index contributed by atoms with van der Waals surface area (Å²) >= 11 is 9.55. The van der Waals surface area contributed by atoms with Crippen LogP contribution < -0.4 is 5.73 Å². The maximum atomic E-state index is 6.16. The molecule has 1 rings (SSSR count). The Labute approximate surface area is 117 Å². The van der Waals surface area contributed by atoms with Crippen LogP contribution in [0.15, 0.2) is 22.7 Å². The van der Waals surface area contributed by atoms with Gasteiger partial charge < -0.3 is 10.5 Å². The maximum Gasteiger partial charge on any atom is 0.0637 e. The first-order valence-corrected chi connectivity index (χ1v) is 6.76. The highest BCUT2D eigenvalue weighted by Gasteiger charge is 2.21. The van der Waals surface area contributed by atoms with E-state index in [0.29, 0.717) is 0 Å². The molecule has 96 valence electrons. The molecular formula is C13H19BrClNO. The molecule has 1 aromatic carbocycles. The number of benzene rings is 1. The highest BCUT2D eigenvalue weighted by molar-refractivity contribution is 9.10. The average Bonchev–Trinajstić information content (AvgIpc) is 2.21. The Morgan fingerprint density at radius 2 is 2.12 bits per heavy atom. The van der Waals surface area contributed by atoms with Crippen LogP contribution in [0.1, 0.15) is 25.8 Å². The van der Waals surface area contributed by atoms with Crippen molar-refractivity contribution in [2.24, 2.45) is 5.73 Å². The number of hydrogen-bond acceptors (Lipinski definition) is 2. The molecule has 0 aromatic heterocycles. The van der Waals surface area contributed by atoms with Gasteiger partial charge in [0.2, 0.25) is 0 Å². The first-order valence-electron chi connectivity index (χ1n) is 5.59. The summed E-state index contributed by atoms with van der Waals surface area (Å²) in [6.45, 7) is 4.08. The standard InChI is InChI=1S/C13H19BrClNO/c1-13(2,17-3)8-11(16)6-9-4-5-10(14)7-12(9)15/h4-5,7,11H,6,8,16H2,1-3H3. The van der Waals surface area contributed by atoms with Crippen molar-refractivity contribution < 1.29 is 4.74 Å². The Bertz CT molecular complexity index is 382. The molecule has 0 aliphatic rings. The summed E-state index contributed by atoms with van der Waals surface area (Å²) in [7, 11) is 1.71. The van der Waals surface area contributed by atoms with Crippen molar-refractivity contribution >= 4 is 27.5 Å². The van der Waals surface area contributed by atoms with Crippen LogP contribution in [0.5, 0.6) is 0 Å². The fourth-order valence-corrected chi connectivity index (χ4v) is 2.51. The van der Waals surface area contributed by atoms with Gasteiger partial charge in [-0.25, -0.2) is 0 Å². The lowest BCUT2D eigenvalue weighted by Crippen LogP contribution is -2.35. The summed E-state index contributed by atoms with van der Waals surface area (Å²) in [6, 6.07) is 5.93. The smallest absolute Gasteiger partial charge is 0.0637 e. The summed E-state index contributed by atoms with van der Waals surface area (Å²) in [6.07, 6.45) is 1.56. The molecular weight excluding hydrogens is 302 g/mol. The summed E-state index contributed by atoms with van der Waals surface area (Å²) in [5.74, 6) is 0. The topological polar surface area (TPSA) is 35.2 Å². The van der Waals surface area contributed by atoms with Gasteiger partial charge in [-0.15, -0.1) is 0 Å². The summed E-state index contributed by atoms with van der Waals surface area (Å²) in [5, 5.41) is 0.755. The molecule has 1 unspecified atom stereocenters. The monoisotopic (exact) mass is 319 g/mol. The molecule has 2 nitrogen and oxygen atoms in total. The van der Waals surface area contributed by atoms with Crippen LogP contribution in [0, 0.1) is 0 Å². The van der Waals surface area contributed by atoms with Crippen molar-refractivity contribution in [1.82, 2.24) is 0 Å². The van der Waals surface area contributed by atoms with Crippen LogP contribution in [0.2, 0.25) is 5.02 Å². The van der Waals surface area contributed by atoms with E-state index >= 15 is 0 Å². The van der Waals surface area contributed by atoms with Crippen molar-refractivity contribution in [2.75, 3.05) is 7.11 Å². The van der Waals surface area contributed by atoms with Gasteiger partial charge in [-0.2, -0.15) is 0 Å². The normalized spacial score (nSPS) is 13.8. The Kier molecular flexibility index (Phi) is 5.45. The number of ether oxygens (including phenoxy) is 1. The predicted octanol–water partition coefficient (Wildman–Crippen LogP) is 3.79. The second-order valence-electron chi connectivity index (χ2n) is 4.87. The molecule has 0 saturated heterocycles. The van der Waals surface area contributed by atoms with Crippen LogP contribution in [-0.2, 0) is 11.2 Å². The Morgan fingerprint density at radius 1 is 1.47 bits per heavy atom. The Morgan fingerprint density at radius 3 is 2.65 bits per heavy atom. The zero-order valence-corrected chi connectivity index (χ0v) is 12.8. The Hall–Kier alpha value is -0.0900. The van der Waals surface area contributed by atoms with Gasteiger partial charge in [-0.05, 0) is 44.4 Å². The van der Waals surface area contributed by atoms with Gasteiger partial charge in [0.15, 0.2) is 0 Å². The minimum Gasteiger partial charge on any atom is -0.379 e. The van der Waals surface area contributed by atoms with Crippen LogP contribution in [0.25, 0.3) is 0 Å². The molecule has 17 heavy (non-hydrogen) atoms. The van der Waals surface area contributed by atoms with Crippen molar-refractivity contribution in [3.63, 3.8) is 0 Å². The van der Waals surface area contributed by atoms with E-state index in [1.807, 2.05) is 32.0 Å². The Balaban J connectivity index is 2.65. The van der Waals surface area contributed by atoms with E-state index in [1.54, 1.807) is 7.11 Å². The molecule has 2 N–H and O–H groups in total. The molecule has 0 aliphatic carbocycles. The lowest BCUT2D eigenvalue weighted by molar-refractivity contribution is 0.0102. The first kappa shape index (κ1) is 15.0. The van der Waals surface area contributed by atoms with Crippen molar-refractivity contribution in [3.05, 3.63) is 33.3 Å². The fraction of sp³-hybridized carbons (Fsp3) is 0.538. The summed E-state index contributed by atoms with van der Waals surface area (Å²) in [5.41, 5.74) is 7.01. The molecule has 0 saturated carbocycles. The molecule has 1 atom stereocenters. The number of rotatable bonds is 5. The third-order valence-electron chi connectivity index (χ3n) is 2.80. The van der Waals surface area contributed by atoms with Gasteiger partial charge in [-0.3, -0.25) is 0 Å². The van der Waals surface area contributed by atoms with E-state index in [4.69, 9.17) is 22.1 Å². The van der Waals surface area contributed by atoms with E-state index in [1.165, 1.54) is 0 Å². The second-order valence-corrected chi connectivity index (χ2v) is 6.19. The summed E-state index contributed by atoms with van der Waals surface area (Å²) < 4.78 is 6.36. The zero-order chi connectivity index (χ0) is 13.1. The van der Waals surface area contributed by atoms with Crippen LogP contribution in [0.3, 0.4) is 0 Å². The van der Waals surface area contributed by atoms with Gasteiger partial charge in [0.05, 0.1) is 5.60 Å². The van der Waals surface area contributed by atoms with Gasteiger partial charge >= 0.3 is 0 Å². The maximum absolute atomic E-state index is 6.16. The number of nitrogens with two attached hydrogens (primary N) is 1. The molecule has 0 radical (unpaired) electrons. The average molecular weight is 321 g/mol. The summed E-state index contributed by atoms with van der Waals surface area (Å²) in [4.78, 5) is 0. The van der Waals surface area contributed by atoms with Crippen LogP contribution in [0.4, 0.5) is 0 Å². The van der Waals surface area contributed by atoms with Crippen molar-refractivity contribution in [3.8, 4) is 0 Å². The van der Waals surface area contributed by atoms with E-state index in [2.05, 4.69) is 15.9 Å². The fourth-order valence-electron chi connectivity index (χ4n) is 1.76. The molecule has 0 amide bonds. The number of methoxy groups -OCH3 is 1. The lowest BCUT2D eigenvalue weighted by atomic mass is 9.95. The van der Waals surface area contributed by atoms with E-state index in [9.17, 15) is 0 Å². The van der Waals surface area contributed by atoms with E-state index < -0.39 is 0 Å². The molecule has 1 aromatic rings. The highest BCUT2D eigenvalue weighted by Crippen LogP contribution is 2.24. The van der Waals surface area contributed by atoms with E-state index in [0.717, 1.165) is 27.9 Å². The molecule has 0 bridgehead atoms. The number of hydrogen-bond donors (Lipinski definition) is 1. The van der Waals surface area contributed by atoms with Crippen molar-refractivity contribution in [2.45, 2.75) is 38.3 Å². The van der Waals surface area contributed by atoms with Gasteiger partial charge in [0.1, 0.15) is 0 Å². The third-order valence-corrected chi connectivity index (χ3v) is 3.65. The second kappa shape index (κ2) is 6.19. The van der Waals surface area contributed by atoms with Crippen LogP contribution >= 0.6 is 27.5 Å². The largest absolute Gasteiger partial charge is 0.379 e. The van der Waals surface area contributed by atoms with Gasteiger partial charge in [0, 0.05) is 22.6 Å². The van der Waals surface area contributed by atoms with Gasteiger partial charge in [-0.1, -0.05) is 33.6 Å². The predicted molar refractivity (Wildman–Crippen MR) is 76.5 cm³/mol. The molecule has 0 aliphatic heterocycles. The van der Waals surface area contributed by atoms with Crippen molar-refractivity contribution in [1.29, 1.82) is 0 Å². The lowest BCUT2D eigenvalue weighted by Gasteiger charge is -2.26. The quantitative estimate of drug-likeness (QED) is 0.896. The molecule has 0 fully saturated rings. The molecule has 0 spiro atoms. The highest BCUT2D eigenvalue weighted by atomic mass is 79.9. The van der Waals surface area contributed by atoms with Gasteiger partial charge in [0.25, 0.3) is 0 Å². The van der Waals surface area contributed by atoms with Crippen LogP contribution in [-0.4, -0.2) is 18.8 Å². The third kappa shape index (κ3) is 4.96. The minimum atomic E-state index is -0.193. The minimum absolute atomic E-state index is 0.0450. The van der Waals surface area contributed by atoms with E-state index in [-0.39, 0.29) is 11.6 Å². The SMILES string of the molecule is COC(C)(C)CC(N)Cc1ccc(Br)cc1Cl. The first-order chi connectivity index (χ1) is 7.84. The zero-order valence-electron chi connectivity index (χ0n) is 10.5.